The third-order valence-electron chi connectivity index (χ3n) is 5.18. The van der Waals surface area contributed by atoms with E-state index < -0.39 is 17.7 Å². The predicted molar refractivity (Wildman–Crippen MR) is 114 cm³/mol. The highest BCUT2D eigenvalue weighted by Crippen LogP contribution is 2.18. The van der Waals surface area contributed by atoms with E-state index in [0.29, 0.717) is 22.8 Å². The number of hydrogen-bond acceptors (Lipinski definition) is 5. The van der Waals surface area contributed by atoms with Crippen LogP contribution in [0.1, 0.15) is 21.7 Å². The van der Waals surface area contributed by atoms with Crippen molar-refractivity contribution in [3.8, 4) is 5.69 Å². The Kier molecular flexibility index (Phi) is 5.81. The average Bonchev–Trinajstić information content (AvgIpc) is 3.15. The van der Waals surface area contributed by atoms with E-state index >= 15 is 0 Å². The smallest absolute Gasteiger partial charge is 0.277 e. The molecular weight excluding hydrogens is 418 g/mol. The maximum absolute atomic E-state index is 13.0. The van der Waals surface area contributed by atoms with Gasteiger partial charge in [0, 0.05) is 11.6 Å². The van der Waals surface area contributed by atoms with E-state index in [0.717, 1.165) is 5.56 Å². The lowest BCUT2D eigenvalue weighted by atomic mass is 10.1. The molecule has 1 fully saturated rings. The van der Waals surface area contributed by atoms with Crippen LogP contribution in [0, 0.1) is 6.92 Å². The second-order valence-corrected chi connectivity index (χ2v) is 7.68. The number of aromatic nitrogens is 3. The van der Waals surface area contributed by atoms with Gasteiger partial charge in [0.2, 0.25) is 11.8 Å². The summed E-state index contributed by atoms with van der Waals surface area (Å²) in [4.78, 5) is 40.5. The minimum absolute atomic E-state index is 0.105. The molecule has 2 aromatic carbocycles. The van der Waals surface area contributed by atoms with Gasteiger partial charge in [0.05, 0.1) is 11.4 Å². The van der Waals surface area contributed by atoms with E-state index in [9.17, 15) is 14.4 Å². The molecule has 158 valence electrons. The molecule has 3 amide bonds. The molecule has 0 saturated carbocycles. The van der Waals surface area contributed by atoms with Crippen LogP contribution < -0.4 is 0 Å². The lowest BCUT2D eigenvalue weighted by molar-refractivity contribution is -0.150. The number of carbonyl (C=O) groups is 3. The van der Waals surface area contributed by atoms with Crippen molar-refractivity contribution in [2.45, 2.75) is 13.3 Å². The highest BCUT2D eigenvalue weighted by atomic mass is 35.5. The van der Waals surface area contributed by atoms with Crippen LogP contribution in [0.3, 0.4) is 0 Å². The number of halogens is 1. The topological polar surface area (TPSA) is 88.4 Å². The molecule has 0 bridgehead atoms. The normalized spacial score (nSPS) is 14.3. The van der Waals surface area contributed by atoms with Crippen molar-refractivity contribution in [2.24, 2.45) is 0 Å². The quantitative estimate of drug-likeness (QED) is 0.571. The molecule has 1 aromatic heterocycles. The van der Waals surface area contributed by atoms with Gasteiger partial charge < -0.3 is 4.90 Å². The average molecular weight is 438 g/mol. The van der Waals surface area contributed by atoms with Crippen LogP contribution in [0.4, 0.5) is 0 Å². The van der Waals surface area contributed by atoms with E-state index in [1.54, 1.807) is 31.2 Å². The highest BCUT2D eigenvalue weighted by Gasteiger charge is 2.35. The fourth-order valence-electron chi connectivity index (χ4n) is 3.47. The maximum atomic E-state index is 13.0. The first-order valence-electron chi connectivity index (χ1n) is 9.78. The van der Waals surface area contributed by atoms with Crippen LogP contribution in [0.2, 0.25) is 5.02 Å². The number of benzene rings is 2. The van der Waals surface area contributed by atoms with Gasteiger partial charge in [-0.1, -0.05) is 47.1 Å². The van der Waals surface area contributed by atoms with Crippen molar-refractivity contribution in [3.05, 3.63) is 76.6 Å². The molecule has 3 aromatic rings. The first-order chi connectivity index (χ1) is 14.9. The Morgan fingerprint density at radius 3 is 2.29 bits per heavy atom. The predicted octanol–water partition coefficient (Wildman–Crippen LogP) is 2.28. The summed E-state index contributed by atoms with van der Waals surface area (Å²) in [7, 11) is 0. The summed E-state index contributed by atoms with van der Waals surface area (Å²) < 4.78 is 1.52. The first kappa shape index (κ1) is 20.7. The number of hydrogen-bond donors (Lipinski definition) is 0. The second kappa shape index (κ2) is 8.69. The molecule has 1 saturated heterocycles. The molecule has 31 heavy (non-hydrogen) atoms. The van der Waals surface area contributed by atoms with E-state index in [-0.39, 0.29) is 25.3 Å². The Balaban J connectivity index is 1.45. The molecule has 0 aliphatic carbocycles. The van der Waals surface area contributed by atoms with Crippen molar-refractivity contribution >= 4 is 29.3 Å². The number of imide groups is 1. The molecule has 0 spiro atoms. The number of amides is 3. The summed E-state index contributed by atoms with van der Waals surface area (Å²) in [5, 5.41) is 8.61. The summed E-state index contributed by atoms with van der Waals surface area (Å²) in [6.45, 7) is 1.65. The second-order valence-electron chi connectivity index (χ2n) is 7.25. The van der Waals surface area contributed by atoms with E-state index in [1.807, 2.05) is 30.3 Å². The summed E-state index contributed by atoms with van der Waals surface area (Å²) in [6, 6.07) is 16.6. The molecule has 0 N–H and O–H groups in total. The van der Waals surface area contributed by atoms with E-state index in [2.05, 4.69) is 10.3 Å². The number of rotatable bonds is 5. The SMILES string of the molecule is Cc1c(C(=O)N2CC(=O)N(CCc3ccccc3)C(=O)C2)nnn1-c1ccc(Cl)cc1. The lowest BCUT2D eigenvalue weighted by Crippen LogP contribution is -2.56. The Morgan fingerprint density at radius 1 is 1.00 bits per heavy atom. The molecule has 9 heteroatoms. The van der Waals surface area contributed by atoms with Crippen LogP contribution in [-0.2, 0) is 16.0 Å². The largest absolute Gasteiger partial charge is 0.319 e. The first-order valence-corrected chi connectivity index (χ1v) is 10.2. The van der Waals surface area contributed by atoms with Crippen LogP contribution in [0.25, 0.3) is 5.69 Å². The maximum Gasteiger partial charge on any atom is 0.277 e. The van der Waals surface area contributed by atoms with Gasteiger partial charge in [0.1, 0.15) is 13.1 Å². The van der Waals surface area contributed by atoms with Crippen molar-refractivity contribution in [2.75, 3.05) is 19.6 Å². The summed E-state index contributed by atoms with van der Waals surface area (Å²) in [5.41, 5.74) is 2.36. The zero-order chi connectivity index (χ0) is 22.0. The van der Waals surface area contributed by atoms with Gasteiger partial charge in [0.25, 0.3) is 5.91 Å². The van der Waals surface area contributed by atoms with Gasteiger partial charge in [-0.3, -0.25) is 19.3 Å². The van der Waals surface area contributed by atoms with Gasteiger partial charge in [-0.05, 0) is 43.2 Å². The van der Waals surface area contributed by atoms with Gasteiger partial charge in [-0.2, -0.15) is 0 Å². The number of piperazine rings is 1. The molecule has 4 rings (SSSR count). The molecule has 2 heterocycles. The third kappa shape index (κ3) is 4.34. The van der Waals surface area contributed by atoms with Crippen LogP contribution in [0.5, 0.6) is 0 Å². The van der Waals surface area contributed by atoms with Crippen molar-refractivity contribution in [1.29, 1.82) is 0 Å². The Hall–Kier alpha value is -3.52. The minimum Gasteiger partial charge on any atom is -0.319 e. The van der Waals surface area contributed by atoms with Gasteiger partial charge in [0.15, 0.2) is 5.69 Å². The van der Waals surface area contributed by atoms with Crippen LogP contribution in [0.15, 0.2) is 54.6 Å². The summed E-state index contributed by atoms with van der Waals surface area (Å²) >= 11 is 5.92. The zero-order valence-corrected chi connectivity index (χ0v) is 17.6. The van der Waals surface area contributed by atoms with Crippen molar-refractivity contribution < 1.29 is 14.4 Å². The molecular formula is C22H20ClN5O3. The minimum atomic E-state index is -0.498. The van der Waals surface area contributed by atoms with Crippen LogP contribution >= 0.6 is 11.6 Å². The molecule has 8 nitrogen and oxygen atoms in total. The van der Waals surface area contributed by atoms with Crippen LogP contribution in [-0.4, -0.2) is 62.1 Å². The fourth-order valence-corrected chi connectivity index (χ4v) is 3.60. The lowest BCUT2D eigenvalue weighted by Gasteiger charge is -2.32. The Morgan fingerprint density at radius 2 is 1.65 bits per heavy atom. The summed E-state index contributed by atoms with van der Waals surface area (Å²) in [5.74, 6) is -1.30. The van der Waals surface area contributed by atoms with Crippen molar-refractivity contribution in [3.63, 3.8) is 0 Å². The Labute approximate surface area is 184 Å². The van der Waals surface area contributed by atoms with E-state index in [1.165, 1.54) is 14.5 Å². The van der Waals surface area contributed by atoms with Gasteiger partial charge in [-0.15, -0.1) is 5.10 Å². The van der Waals surface area contributed by atoms with E-state index in [4.69, 9.17) is 11.6 Å². The number of nitrogens with zero attached hydrogens (tertiary/aromatic N) is 5. The van der Waals surface area contributed by atoms with Gasteiger partial charge in [-0.25, -0.2) is 4.68 Å². The Bertz CT molecular complexity index is 1110. The number of carbonyl (C=O) groups excluding carboxylic acids is 3. The van der Waals surface area contributed by atoms with Crippen molar-refractivity contribution in [1.82, 2.24) is 24.8 Å². The van der Waals surface area contributed by atoms with Gasteiger partial charge >= 0.3 is 0 Å². The molecule has 0 atom stereocenters. The summed E-state index contributed by atoms with van der Waals surface area (Å²) in [6.07, 6.45) is 0.570. The molecule has 1 aliphatic rings. The molecule has 1 aliphatic heterocycles. The molecule has 0 radical (unpaired) electrons. The zero-order valence-electron chi connectivity index (χ0n) is 16.9. The highest BCUT2D eigenvalue weighted by molar-refractivity contribution is 6.30. The monoisotopic (exact) mass is 437 g/mol. The standard InChI is InChI=1S/C22H20ClN5O3/c1-15-21(24-25-28(15)18-9-7-17(23)8-10-18)22(31)26-13-19(29)27(20(30)14-26)12-11-16-5-3-2-4-6-16/h2-10H,11-14H2,1H3. The molecule has 0 unspecified atom stereocenters. The fraction of sp³-hybridized carbons (Fsp3) is 0.227. The third-order valence-corrected chi connectivity index (χ3v) is 5.43.